The lowest BCUT2D eigenvalue weighted by Gasteiger charge is -2.06. The first-order valence-corrected chi connectivity index (χ1v) is 5.61. The van der Waals surface area contributed by atoms with E-state index in [1.54, 1.807) is 35.4 Å². The van der Waals surface area contributed by atoms with Crippen molar-refractivity contribution in [3.05, 3.63) is 77.7 Å². The lowest BCUT2D eigenvalue weighted by atomic mass is 10.2. The van der Waals surface area contributed by atoms with Gasteiger partial charge in [-0.25, -0.2) is 4.98 Å². The van der Waals surface area contributed by atoms with Crippen LogP contribution in [-0.4, -0.2) is 14.1 Å². The average Bonchev–Trinajstić information content (AvgIpc) is 2.94. The summed E-state index contributed by atoms with van der Waals surface area (Å²) < 4.78 is 3.52. The summed E-state index contributed by atoms with van der Waals surface area (Å²) in [6, 6.07) is 12.9. The van der Waals surface area contributed by atoms with E-state index in [0.29, 0.717) is 0 Å². The molecule has 3 rings (SSSR count). The van der Waals surface area contributed by atoms with Crippen molar-refractivity contribution in [2.75, 3.05) is 0 Å². The summed E-state index contributed by atoms with van der Waals surface area (Å²) in [5.74, 6) is 0. The largest absolute Gasteiger partial charge is 0.306 e. The fraction of sp³-hybridized carbons (Fsp3) is 0. The third-order valence-corrected chi connectivity index (χ3v) is 2.75. The van der Waals surface area contributed by atoms with Gasteiger partial charge in [-0.05, 0) is 30.3 Å². The van der Waals surface area contributed by atoms with Crippen molar-refractivity contribution in [2.45, 2.75) is 0 Å². The van der Waals surface area contributed by atoms with E-state index in [-0.39, 0.29) is 5.56 Å². The molecule has 0 unspecified atom stereocenters. The Morgan fingerprint density at radius 3 is 2.33 bits per heavy atom. The Labute approximate surface area is 104 Å². The van der Waals surface area contributed by atoms with Crippen LogP contribution in [0.1, 0.15) is 0 Å². The highest BCUT2D eigenvalue weighted by Crippen LogP contribution is 2.11. The standard InChI is InChI=1S/C14H11N3O/c18-14-3-1-2-9-17(14)13-6-4-12(5-7-13)16-10-8-15-11-16/h1-11H. The molecule has 1 aromatic carbocycles. The molecule has 88 valence electrons. The Morgan fingerprint density at radius 2 is 1.67 bits per heavy atom. The Hall–Kier alpha value is -2.62. The van der Waals surface area contributed by atoms with Crippen LogP contribution in [0.3, 0.4) is 0 Å². The van der Waals surface area contributed by atoms with Crippen molar-refractivity contribution < 1.29 is 0 Å². The van der Waals surface area contributed by atoms with Crippen LogP contribution in [-0.2, 0) is 0 Å². The van der Waals surface area contributed by atoms with Gasteiger partial charge in [-0.2, -0.15) is 0 Å². The second-order valence-corrected chi connectivity index (χ2v) is 3.90. The van der Waals surface area contributed by atoms with E-state index in [1.807, 2.05) is 41.1 Å². The Kier molecular flexibility index (Phi) is 2.53. The molecule has 0 aliphatic heterocycles. The fourth-order valence-corrected chi connectivity index (χ4v) is 1.84. The molecule has 3 aromatic rings. The highest BCUT2D eigenvalue weighted by Gasteiger charge is 1.99. The second-order valence-electron chi connectivity index (χ2n) is 3.90. The Bertz CT molecular complexity index is 696. The molecular weight excluding hydrogens is 226 g/mol. The predicted octanol–water partition coefficient (Wildman–Crippen LogP) is 2.02. The number of imidazole rings is 1. The first-order valence-electron chi connectivity index (χ1n) is 5.61. The summed E-state index contributed by atoms with van der Waals surface area (Å²) in [6.45, 7) is 0. The molecule has 2 aromatic heterocycles. The quantitative estimate of drug-likeness (QED) is 0.684. The van der Waals surface area contributed by atoms with Crippen LogP contribution >= 0.6 is 0 Å². The topological polar surface area (TPSA) is 39.8 Å². The van der Waals surface area contributed by atoms with Crippen LogP contribution < -0.4 is 5.56 Å². The molecule has 0 N–H and O–H groups in total. The number of pyridine rings is 1. The maximum absolute atomic E-state index is 11.7. The molecule has 0 aliphatic rings. The minimum absolute atomic E-state index is 0.0344. The average molecular weight is 237 g/mol. The van der Waals surface area contributed by atoms with Crippen LogP contribution in [0, 0.1) is 0 Å². The van der Waals surface area contributed by atoms with Crippen molar-refractivity contribution in [3.63, 3.8) is 0 Å². The monoisotopic (exact) mass is 237 g/mol. The zero-order chi connectivity index (χ0) is 12.4. The molecule has 0 saturated carbocycles. The van der Waals surface area contributed by atoms with Gasteiger partial charge in [0.1, 0.15) is 0 Å². The summed E-state index contributed by atoms with van der Waals surface area (Å²) in [7, 11) is 0. The summed E-state index contributed by atoms with van der Waals surface area (Å²) in [5, 5.41) is 0. The Morgan fingerprint density at radius 1 is 0.889 bits per heavy atom. The minimum atomic E-state index is -0.0344. The molecule has 0 aliphatic carbocycles. The second kappa shape index (κ2) is 4.33. The van der Waals surface area contributed by atoms with Crippen molar-refractivity contribution in [1.29, 1.82) is 0 Å². The molecule has 4 nitrogen and oxygen atoms in total. The van der Waals surface area contributed by atoms with Gasteiger partial charge in [0.2, 0.25) is 0 Å². The SMILES string of the molecule is O=c1ccccn1-c1ccc(-n2ccnc2)cc1. The zero-order valence-electron chi connectivity index (χ0n) is 9.60. The lowest BCUT2D eigenvalue weighted by molar-refractivity contribution is 0.984. The van der Waals surface area contributed by atoms with Gasteiger partial charge < -0.3 is 4.57 Å². The molecule has 0 atom stereocenters. The van der Waals surface area contributed by atoms with Gasteiger partial charge in [-0.1, -0.05) is 6.07 Å². The van der Waals surface area contributed by atoms with Crippen LogP contribution in [0.4, 0.5) is 0 Å². The lowest BCUT2D eigenvalue weighted by Crippen LogP contribution is -2.15. The minimum Gasteiger partial charge on any atom is -0.306 e. The van der Waals surface area contributed by atoms with Crippen LogP contribution in [0.25, 0.3) is 11.4 Å². The van der Waals surface area contributed by atoms with Crippen LogP contribution in [0.2, 0.25) is 0 Å². The molecular formula is C14H11N3O. The molecule has 4 heteroatoms. The van der Waals surface area contributed by atoms with E-state index in [0.717, 1.165) is 11.4 Å². The highest BCUT2D eigenvalue weighted by atomic mass is 16.1. The molecule has 0 saturated heterocycles. The number of hydrogen-bond acceptors (Lipinski definition) is 2. The van der Waals surface area contributed by atoms with Crippen LogP contribution in [0.15, 0.2) is 72.2 Å². The van der Waals surface area contributed by atoms with E-state index < -0.39 is 0 Å². The van der Waals surface area contributed by atoms with Crippen molar-refractivity contribution in [2.24, 2.45) is 0 Å². The van der Waals surface area contributed by atoms with Crippen molar-refractivity contribution in [1.82, 2.24) is 14.1 Å². The number of aromatic nitrogens is 3. The normalized spacial score (nSPS) is 10.4. The number of hydrogen-bond donors (Lipinski definition) is 0. The third kappa shape index (κ3) is 1.84. The number of benzene rings is 1. The van der Waals surface area contributed by atoms with Gasteiger partial charge in [-0.15, -0.1) is 0 Å². The summed E-state index contributed by atoms with van der Waals surface area (Å²) >= 11 is 0. The van der Waals surface area contributed by atoms with Gasteiger partial charge in [0, 0.05) is 36.0 Å². The summed E-state index contributed by atoms with van der Waals surface area (Å²) in [4.78, 5) is 15.7. The Balaban J connectivity index is 2.02. The molecule has 0 spiro atoms. The first kappa shape index (κ1) is 10.5. The maximum atomic E-state index is 11.7. The van der Waals surface area contributed by atoms with Gasteiger partial charge in [0.05, 0.1) is 6.33 Å². The first-order chi connectivity index (χ1) is 8.84. The molecule has 0 bridgehead atoms. The molecule has 0 amide bonds. The van der Waals surface area contributed by atoms with E-state index in [1.165, 1.54) is 0 Å². The van der Waals surface area contributed by atoms with E-state index in [9.17, 15) is 4.79 Å². The number of nitrogens with zero attached hydrogens (tertiary/aromatic N) is 3. The van der Waals surface area contributed by atoms with Gasteiger partial charge in [0.15, 0.2) is 0 Å². The molecule has 0 fully saturated rings. The van der Waals surface area contributed by atoms with Gasteiger partial charge in [0.25, 0.3) is 5.56 Å². The van der Waals surface area contributed by atoms with E-state index in [2.05, 4.69) is 4.98 Å². The summed E-state index contributed by atoms with van der Waals surface area (Å²) in [5.41, 5.74) is 1.83. The molecule has 0 radical (unpaired) electrons. The maximum Gasteiger partial charge on any atom is 0.255 e. The highest BCUT2D eigenvalue weighted by molar-refractivity contribution is 5.41. The van der Waals surface area contributed by atoms with Crippen molar-refractivity contribution >= 4 is 0 Å². The van der Waals surface area contributed by atoms with Crippen LogP contribution in [0.5, 0.6) is 0 Å². The fourth-order valence-electron chi connectivity index (χ4n) is 1.84. The predicted molar refractivity (Wildman–Crippen MR) is 69.2 cm³/mol. The molecule has 18 heavy (non-hydrogen) atoms. The summed E-state index contributed by atoms with van der Waals surface area (Å²) in [6.07, 6.45) is 7.11. The third-order valence-electron chi connectivity index (χ3n) is 2.75. The van der Waals surface area contributed by atoms with Crippen molar-refractivity contribution in [3.8, 4) is 11.4 Å². The molecule has 2 heterocycles. The zero-order valence-corrected chi connectivity index (χ0v) is 9.60. The van der Waals surface area contributed by atoms with E-state index >= 15 is 0 Å². The van der Waals surface area contributed by atoms with E-state index in [4.69, 9.17) is 0 Å². The number of rotatable bonds is 2. The van der Waals surface area contributed by atoms with Gasteiger partial charge >= 0.3 is 0 Å². The smallest absolute Gasteiger partial charge is 0.255 e. The van der Waals surface area contributed by atoms with Gasteiger partial charge in [-0.3, -0.25) is 9.36 Å².